The number of rotatable bonds is 8. The molecule has 0 fully saturated rings. The van der Waals surface area contributed by atoms with Crippen LogP contribution in [-0.4, -0.2) is 12.1 Å². The number of nitrogens with zero attached hydrogens (tertiary/aromatic N) is 1. The van der Waals surface area contributed by atoms with E-state index in [2.05, 4.69) is 17.5 Å². The van der Waals surface area contributed by atoms with Gasteiger partial charge in [0.1, 0.15) is 0 Å². The van der Waals surface area contributed by atoms with E-state index in [-0.39, 0.29) is 5.91 Å². The van der Waals surface area contributed by atoms with Crippen molar-refractivity contribution in [3.8, 4) is 0 Å². The summed E-state index contributed by atoms with van der Waals surface area (Å²) in [5.74, 6) is -0.00939. The highest BCUT2D eigenvalue weighted by atomic mass is 16.2. The van der Waals surface area contributed by atoms with Gasteiger partial charge in [-0.3, -0.25) is 4.79 Å². The summed E-state index contributed by atoms with van der Waals surface area (Å²) in [6, 6.07) is 10.0. The third kappa shape index (κ3) is 7.52. The summed E-state index contributed by atoms with van der Waals surface area (Å²) in [6.07, 6.45) is 8.68. The van der Waals surface area contributed by atoms with Crippen molar-refractivity contribution >= 4 is 18.2 Å². The molecule has 0 aliphatic carbocycles. The molecule has 3 nitrogen and oxygen atoms in total. The van der Waals surface area contributed by atoms with Gasteiger partial charge in [0.15, 0.2) is 0 Å². The van der Waals surface area contributed by atoms with E-state index in [4.69, 9.17) is 0 Å². The fourth-order valence-corrected chi connectivity index (χ4v) is 1.82. The molecule has 108 valence electrons. The molecule has 1 rings (SSSR count). The summed E-state index contributed by atoms with van der Waals surface area (Å²) >= 11 is 0. The zero-order valence-corrected chi connectivity index (χ0v) is 12.4. The Balaban J connectivity index is 2.30. The molecule has 0 heterocycles. The molecule has 0 aliphatic rings. The molecule has 0 bridgehead atoms. The van der Waals surface area contributed by atoms with Crippen LogP contribution in [0.4, 0.5) is 0 Å². The predicted octanol–water partition coefficient (Wildman–Crippen LogP) is 4.16. The average molecular weight is 272 g/mol. The predicted molar refractivity (Wildman–Crippen MR) is 85.5 cm³/mol. The maximum atomic E-state index is 11.5. The van der Waals surface area contributed by atoms with Crippen LogP contribution in [0.25, 0.3) is 6.08 Å². The van der Waals surface area contributed by atoms with E-state index in [0.29, 0.717) is 6.42 Å². The summed E-state index contributed by atoms with van der Waals surface area (Å²) in [5, 5.41) is 3.97. The summed E-state index contributed by atoms with van der Waals surface area (Å²) in [4.78, 5) is 11.5. The van der Waals surface area contributed by atoms with Crippen LogP contribution in [-0.2, 0) is 4.79 Å². The van der Waals surface area contributed by atoms with Crippen molar-refractivity contribution in [3.63, 3.8) is 0 Å². The van der Waals surface area contributed by atoms with Crippen LogP contribution >= 0.6 is 0 Å². The van der Waals surface area contributed by atoms with Gasteiger partial charge in [-0.05, 0) is 24.5 Å². The standard InChI is InChI=1S/C17H24N2O/c1-3-4-5-9-12-17(20)19-18-14-15(2)13-16-10-7-6-8-11-16/h6-8,10-11,13-14H,3-5,9,12H2,1-2H3,(H,19,20)/b15-13+,18-14+. The lowest BCUT2D eigenvalue weighted by molar-refractivity contribution is -0.121. The van der Waals surface area contributed by atoms with Gasteiger partial charge in [0.2, 0.25) is 5.91 Å². The lowest BCUT2D eigenvalue weighted by atomic mass is 10.1. The normalized spacial score (nSPS) is 11.8. The highest BCUT2D eigenvalue weighted by molar-refractivity contribution is 5.86. The second-order valence-electron chi connectivity index (χ2n) is 4.90. The van der Waals surface area contributed by atoms with Crippen LogP contribution in [0.1, 0.15) is 51.5 Å². The fourth-order valence-electron chi connectivity index (χ4n) is 1.82. The second-order valence-corrected chi connectivity index (χ2v) is 4.90. The molecule has 1 amide bonds. The van der Waals surface area contributed by atoms with Crippen molar-refractivity contribution in [1.29, 1.82) is 0 Å². The van der Waals surface area contributed by atoms with Crippen molar-refractivity contribution in [2.45, 2.75) is 46.0 Å². The third-order valence-electron chi connectivity index (χ3n) is 2.91. The van der Waals surface area contributed by atoms with E-state index >= 15 is 0 Å². The van der Waals surface area contributed by atoms with Crippen molar-refractivity contribution in [2.24, 2.45) is 5.10 Å². The number of benzene rings is 1. The van der Waals surface area contributed by atoms with E-state index in [1.807, 2.05) is 43.3 Å². The highest BCUT2D eigenvalue weighted by Crippen LogP contribution is 2.04. The zero-order chi connectivity index (χ0) is 14.6. The van der Waals surface area contributed by atoms with Crippen molar-refractivity contribution < 1.29 is 4.79 Å². The van der Waals surface area contributed by atoms with Crippen LogP contribution in [0.2, 0.25) is 0 Å². The van der Waals surface area contributed by atoms with Gasteiger partial charge < -0.3 is 0 Å². The quantitative estimate of drug-likeness (QED) is 0.431. The first-order chi connectivity index (χ1) is 9.72. The lowest BCUT2D eigenvalue weighted by Crippen LogP contribution is -2.16. The largest absolute Gasteiger partial charge is 0.273 e. The highest BCUT2D eigenvalue weighted by Gasteiger charge is 1.98. The van der Waals surface area contributed by atoms with Gasteiger partial charge >= 0.3 is 0 Å². The Morgan fingerprint density at radius 1 is 1.20 bits per heavy atom. The number of hydrogen-bond donors (Lipinski definition) is 1. The fraction of sp³-hybridized carbons (Fsp3) is 0.412. The van der Waals surface area contributed by atoms with E-state index in [1.165, 1.54) is 12.8 Å². The number of carbonyl (C=O) groups excluding carboxylic acids is 1. The Kier molecular flexibility index (Phi) is 8.04. The number of amides is 1. The molecule has 20 heavy (non-hydrogen) atoms. The molecule has 0 atom stereocenters. The molecule has 0 radical (unpaired) electrons. The van der Waals surface area contributed by atoms with E-state index in [9.17, 15) is 4.79 Å². The summed E-state index contributed by atoms with van der Waals surface area (Å²) in [7, 11) is 0. The minimum atomic E-state index is -0.00939. The summed E-state index contributed by atoms with van der Waals surface area (Å²) in [6.45, 7) is 4.12. The minimum absolute atomic E-state index is 0.00939. The number of hydrogen-bond acceptors (Lipinski definition) is 2. The first-order valence-electron chi connectivity index (χ1n) is 7.27. The minimum Gasteiger partial charge on any atom is -0.273 e. The molecule has 3 heteroatoms. The van der Waals surface area contributed by atoms with Gasteiger partial charge in [0.25, 0.3) is 0 Å². The molecule has 1 aromatic carbocycles. The average Bonchev–Trinajstić information content (AvgIpc) is 2.45. The maximum absolute atomic E-state index is 11.5. The van der Waals surface area contributed by atoms with Gasteiger partial charge in [-0.25, -0.2) is 5.43 Å². The van der Waals surface area contributed by atoms with Gasteiger partial charge in [0.05, 0.1) is 6.21 Å². The number of nitrogens with one attached hydrogen (secondary N) is 1. The number of unbranched alkanes of at least 4 members (excludes halogenated alkanes) is 3. The van der Waals surface area contributed by atoms with Gasteiger partial charge in [-0.2, -0.15) is 5.10 Å². The van der Waals surface area contributed by atoms with Crippen molar-refractivity contribution in [2.75, 3.05) is 0 Å². The SMILES string of the molecule is CCCCCCC(=O)N/N=C/C(C)=C/c1ccccc1. The molecule has 0 aromatic heterocycles. The first kappa shape index (κ1) is 16.2. The van der Waals surface area contributed by atoms with Crippen molar-refractivity contribution in [3.05, 3.63) is 41.5 Å². The number of allylic oxidation sites excluding steroid dienone is 1. The third-order valence-corrected chi connectivity index (χ3v) is 2.91. The lowest BCUT2D eigenvalue weighted by Gasteiger charge is -1.99. The van der Waals surface area contributed by atoms with Crippen LogP contribution in [0.3, 0.4) is 0 Å². The van der Waals surface area contributed by atoms with E-state index < -0.39 is 0 Å². The Labute approximate surface area is 121 Å². The Morgan fingerprint density at radius 2 is 1.95 bits per heavy atom. The molecule has 1 aromatic rings. The van der Waals surface area contributed by atoms with Gasteiger partial charge in [0, 0.05) is 6.42 Å². The molecule has 0 spiro atoms. The molecule has 0 saturated heterocycles. The summed E-state index contributed by atoms with van der Waals surface area (Å²) < 4.78 is 0. The van der Waals surface area contributed by atoms with E-state index in [1.54, 1.807) is 6.21 Å². The Bertz CT molecular complexity index is 449. The zero-order valence-electron chi connectivity index (χ0n) is 12.4. The molecular formula is C17H24N2O. The smallest absolute Gasteiger partial charge is 0.240 e. The van der Waals surface area contributed by atoms with Crippen LogP contribution in [0, 0.1) is 0 Å². The second kappa shape index (κ2) is 9.96. The van der Waals surface area contributed by atoms with Crippen LogP contribution < -0.4 is 5.43 Å². The number of hydrazone groups is 1. The molecule has 1 N–H and O–H groups in total. The maximum Gasteiger partial charge on any atom is 0.240 e. The Hall–Kier alpha value is -1.90. The molecule has 0 aliphatic heterocycles. The van der Waals surface area contributed by atoms with E-state index in [0.717, 1.165) is 24.0 Å². The van der Waals surface area contributed by atoms with Crippen LogP contribution in [0.5, 0.6) is 0 Å². The Morgan fingerprint density at radius 3 is 2.65 bits per heavy atom. The molecular weight excluding hydrogens is 248 g/mol. The van der Waals surface area contributed by atoms with Gasteiger partial charge in [-0.15, -0.1) is 0 Å². The van der Waals surface area contributed by atoms with Crippen LogP contribution in [0.15, 0.2) is 41.0 Å². The van der Waals surface area contributed by atoms with Gasteiger partial charge in [-0.1, -0.05) is 62.6 Å². The molecule has 0 unspecified atom stereocenters. The summed E-state index contributed by atoms with van der Waals surface area (Å²) in [5.41, 5.74) is 4.70. The molecule has 0 saturated carbocycles. The first-order valence-corrected chi connectivity index (χ1v) is 7.27. The topological polar surface area (TPSA) is 41.5 Å². The number of carbonyl (C=O) groups is 1. The van der Waals surface area contributed by atoms with Crippen molar-refractivity contribution in [1.82, 2.24) is 5.43 Å². The monoisotopic (exact) mass is 272 g/mol.